The second kappa shape index (κ2) is 5.46. The van der Waals surface area contributed by atoms with Crippen molar-refractivity contribution in [3.8, 4) is 0 Å². The second-order valence-electron chi connectivity index (χ2n) is 3.12. The van der Waals surface area contributed by atoms with Gasteiger partial charge in [-0.1, -0.05) is 24.6 Å². The maximum atomic E-state index is 11.6. The van der Waals surface area contributed by atoms with Crippen molar-refractivity contribution in [1.29, 1.82) is 0 Å². The predicted octanol–water partition coefficient (Wildman–Crippen LogP) is 1.33. The van der Waals surface area contributed by atoms with Crippen LogP contribution in [0, 0.1) is 0 Å². The van der Waals surface area contributed by atoms with Gasteiger partial charge in [-0.15, -0.1) is 0 Å². The molecule has 0 bridgehead atoms. The van der Waals surface area contributed by atoms with Crippen molar-refractivity contribution < 1.29 is 14.7 Å². The van der Waals surface area contributed by atoms with Gasteiger partial charge in [0.25, 0.3) is 5.91 Å². The molecule has 6 heteroatoms. The largest absolute Gasteiger partial charge is 0.480 e. The standard InChI is InChI=1S/C10H11ClN2O3/c1-2-6(10(15)16)13-9(14)7-4-3-5-8(11)12-7/h3-6H,2H2,1H3,(H,13,14)(H,15,16). The van der Waals surface area contributed by atoms with E-state index < -0.39 is 17.9 Å². The molecule has 0 aromatic carbocycles. The summed E-state index contributed by atoms with van der Waals surface area (Å²) in [6.45, 7) is 1.67. The molecule has 5 nitrogen and oxygen atoms in total. The maximum absolute atomic E-state index is 11.6. The van der Waals surface area contributed by atoms with E-state index in [-0.39, 0.29) is 10.8 Å². The third-order valence-corrected chi connectivity index (χ3v) is 2.17. The van der Waals surface area contributed by atoms with E-state index in [1.54, 1.807) is 13.0 Å². The molecule has 0 fully saturated rings. The average Bonchev–Trinajstić information content (AvgIpc) is 2.25. The average molecular weight is 243 g/mol. The number of carbonyl (C=O) groups is 2. The van der Waals surface area contributed by atoms with Crippen LogP contribution in [0.5, 0.6) is 0 Å². The van der Waals surface area contributed by atoms with Crippen LogP contribution in [0.15, 0.2) is 18.2 Å². The monoisotopic (exact) mass is 242 g/mol. The Labute approximate surface area is 97.4 Å². The molecule has 1 aromatic rings. The molecule has 0 radical (unpaired) electrons. The number of pyridine rings is 1. The maximum Gasteiger partial charge on any atom is 0.326 e. The summed E-state index contributed by atoms with van der Waals surface area (Å²) in [5.74, 6) is -1.62. The molecule has 86 valence electrons. The Morgan fingerprint density at radius 2 is 2.25 bits per heavy atom. The first-order valence-corrected chi connectivity index (χ1v) is 5.08. The molecule has 1 unspecified atom stereocenters. The topological polar surface area (TPSA) is 79.3 Å². The first-order chi connectivity index (χ1) is 7.54. The SMILES string of the molecule is CCC(NC(=O)c1cccc(Cl)n1)C(=O)O. The number of amides is 1. The number of nitrogens with zero attached hydrogens (tertiary/aromatic N) is 1. The number of aliphatic carboxylic acids is 1. The van der Waals surface area contributed by atoms with Gasteiger partial charge in [0.2, 0.25) is 0 Å². The summed E-state index contributed by atoms with van der Waals surface area (Å²) < 4.78 is 0. The van der Waals surface area contributed by atoms with Gasteiger partial charge in [0, 0.05) is 0 Å². The van der Waals surface area contributed by atoms with Crippen molar-refractivity contribution in [2.45, 2.75) is 19.4 Å². The Balaban J connectivity index is 2.75. The summed E-state index contributed by atoms with van der Waals surface area (Å²) in [4.78, 5) is 26.1. The van der Waals surface area contributed by atoms with Gasteiger partial charge in [-0.2, -0.15) is 0 Å². The number of aromatic nitrogens is 1. The summed E-state index contributed by atoms with van der Waals surface area (Å²) in [6, 6.07) is 3.67. The predicted molar refractivity (Wildman–Crippen MR) is 58.4 cm³/mol. The van der Waals surface area contributed by atoms with Crippen LogP contribution >= 0.6 is 11.6 Å². The van der Waals surface area contributed by atoms with Crippen molar-refractivity contribution in [2.24, 2.45) is 0 Å². The molecule has 0 saturated heterocycles. The summed E-state index contributed by atoms with van der Waals surface area (Å²) in [7, 11) is 0. The Hall–Kier alpha value is -1.62. The quantitative estimate of drug-likeness (QED) is 0.781. The molecule has 1 rings (SSSR count). The van der Waals surface area contributed by atoms with E-state index in [9.17, 15) is 9.59 Å². The second-order valence-corrected chi connectivity index (χ2v) is 3.51. The van der Waals surface area contributed by atoms with Crippen molar-refractivity contribution >= 4 is 23.5 Å². The minimum Gasteiger partial charge on any atom is -0.480 e. The van der Waals surface area contributed by atoms with Crippen molar-refractivity contribution in [3.05, 3.63) is 29.0 Å². The molecule has 0 aliphatic carbocycles. The van der Waals surface area contributed by atoms with Crippen LogP contribution < -0.4 is 5.32 Å². The van der Waals surface area contributed by atoms with Crippen molar-refractivity contribution in [3.63, 3.8) is 0 Å². The van der Waals surface area contributed by atoms with E-state index in [2.05, 4.69) is 10.3 Å². The van der Waals surface area contributed by atoms with Crippen LogP contribution in [-0.4, -0.2) is 28.0 Å². The van der Waals surface area contributed by atoms with Crippen molar-refractivity contribution in [1.82, 2.24) is 10.3 Å². The smallest absolute Gasteiger partial charge is 0.326 e. The van der Waals surface area contributed by atoms with E-state index in [0.717, 1.165) is 0 Å². The highest BCUT2D eigenvalue weighted by Gasteiger charge is 2.19. The third kappa shape index (κ3) is 3.20. The van der Waals surface area contributed by atoms with E-state index in [1.807, 2.05) is 0 Å². The Morgan fingerprint density at radius 1 is 1.56 bits per heavy atom. The van der Waals surface area contributed by atoms with Gasteiger partial charge in [-0.3, -0.25) is 4.79 Å². The number of nitrogens with one attached hydrogen (secondary N) is 1. The van der Waals surface area contributed by atoms with Crippen LogP contribution in [0.4, 0.5) is 0 Å². The van der Waals surface area contributed by atoms with Gasteiger partial charge in [-0.25, -0.2) is 9.78 Å². The minimum absolute atomic E-state index is 0.104. The fourth-order valence-electron chi connectivity index (χ4n) is 1.11. The molecule has 1 amide bonds. The highest BCUT2D eigenvalue weighted by molar-refractivity contribution is 6.29. The molecule has 1 atom stereocenters. The molecule has 0 saturated carbocycles. The minimum atomic E-state index is -1.07. The van der Waals surface area contributed by atoms with Crippen LogP contribution in [0.1, 0.15) is 23.8 Å². The van der Waals surface area contributed by atoms with Crippen LogP contribution in [0.2, 0.25) is 5.15 Å². The number of halogens is 1. The fourth-order valence-corrected chi connectivity index (χ4v) is 1.27. The lowest BCUT2D eigenvalue weighted by atomic mass is 10.2. The molecular formula is C10H11ClN2O3. The van der Waals surface area contributed by atoms with Gasteiger partial charge >= 0.3 is 5.97 Å². The zero-order chi connectivity index (χ0) is 12.1. The molecule has 1 heterocycles. The van der Waals surface area contributed by atoms with E-state index in [1.165, 1.54) is 12.1 Å². The molecule has 0 aliphatic rings. The fraction of sp³-hybridized carbons (Fsp3) is 0.300. The van der Waals surface area contributed by atoms with Crippen LogP contribution in [-0.2, 0) is 4.79 Å². The van der Waals surface area contributed by atoms with Gasteiger partial charge in [0.15, 0.2) is 0 Å². The molecule has 1 aromatic heterocycles. The number of carboxylic acids is 1. The van der Waals surface area contributed by atoms with Gasteiger partial charge in [-0.05, 0) is 18.6 Å². The first kappa shape index (κ1) is 12.4. The lowest BCUT2D eigenvalue weighted by molar-refractivity contribution is -0.139. The highest BCUT2D eigenvalue weighted by Crippen LogP contribution is 2.05. The summed E-state index contributed by atoms with van der Waals surface area (Å²) in [5.41, 5.74) is 0.104. The Morgan fingerprint density at radius 3 is 2.75 bits per heavy atom. The number of hydrogen-bond acceptors (Lipinski definition) is 3. The van der Waals surface area contributed by atoms with Gasteiger partial charge in [0.1, 0.15) is 16.9 Å². The normalized spacial score (nSPS) is 11.9. The molecule has 2 N–H and O–H groups in total. The van der Waals surface area contributed by atoms with Crippen LogP contribution in [0.25, 0.3) is 0 Å². The number of carbonyl (C=O) groups excluding carboxylic acids is 1. The Kier molecular flexibility index (Phi) is 4.25. The summed E-state index contributed by atoms with van der Waals surface area (Å²) >= 11 is 5.61. The third-order valence-electron chi connectivity index (χ3n) is 1.96. The van der Waals surface area contributed by atoms with Gasteiger partial charge < -0.3 is 10.4 Å². The highest BCUT2D eigenvalue weighted by atomic mass is 35.5. The van der Waals surface area contributed by atoms with E-state index in [0.29, 0.717) is 6.42 Å². The zero-order valence-electron chi connectivity index (χ0n) is 8.61. The number of carboxylic acid groups (broad SMARTS) is 1. The summed E-state index contributed by atoms with van der Waals surface area (Å²) in [5, 5.41) is 11.3. The lowest BCUT2D eigenvalue weighted by Gasteiger charge is -2.11. The summed E-state index contributed by atoms with van der Waals surface area (Å²) in [6.07, 6.45) is 0.307. The zero-order valence-corrected chi connectivity index (χ0v) is 9.36. The number of rotatable bonds is 4. The van der Waals surface area contributed by atoms with E-state index >= 15 is 0 Å². The molecule has 0 spiro atoms. The van der Waals surface area contributed by atoms with Crippen molar-refractivity contribution in [2.75, 3.05) is 0 Å². The Bertz CT molecular complexity index is 409. The molecule has 16 heavy (non-hydrogen) atoms. The molecule has 0 aliphatic heterocycles. The van der Waals surface area contributed by atoms with Crippen LogP contribution in [0.3, 0.4) is 0 Å². The lowest BCUT2D eigenvalue weighted by Crippen LogP contribution is -2.40. The molecular weight excluding hydrogens is 232 g/mol. The number of hydrogen-bond donors (Lipinski definition) is 2. The first-order valence-electron chi connectivity index (χ1n) is 4.70. The van der Waals surface area contributed by atoms with Gasteiger partial charge in [0.05, 0.1) is 0 Å². The van der Waals surface area contributed by atoms with E-state index in [4.69, 9.17) is 16.7 Å².